The molecule has 1 aliphatic heterocycles. The molecule has 1 aromatic rings. The fraction of sp³-hybridized carbons (Fsp3) is 0.875. The molecule has 118 valence electrons. The van der Waals surface area contributed by atoms with Gasteiger partial charge in [-0.2, -0.15) is 0 Å². The Kier molecular flexibility index (Phi) is 4.06. The second-order valence-electron chi connectivity index (χ2n) is 7.48. The Labute approximate surface area is 127 Å². The Morgan fingerprint density at radius 1 is 1.14 bits per heavy atom. The lowest BCUT2D eigenvalue weighted by Crippen LogP contribution is -2.45. The Morgan fingerprint density at radius 3 is 2.62 bits per heavy atom. The van der Waals surface area contributed by atoms with Gasteiger partial charge in [0.2, 0.25) is 0 Å². The van der Waals surface area contributed by atoms with Crippen LogP contribution in [0.2, 0.25) is 0 Å². The zero-order valence-electron chi connectivity index (χ0n) is 13.4. The van der Waals surface area contributed by atoms with Gasteiger partial charge in [-0.15, -0.1) is 10.2 Å². The van der Waals surface area contributed by atoms with Gasteiger partial charge >= 0.3 is 0 Å². The molecule has 5 heteroatoms. The lowest BCUT2D eigenvalue weighted by Gasteiger charge is -2.42. The van der Waals surface area contributed by atoms with Gasteiger partial charge in [-0.25, -0.2) is 0 Å². The molecule has 1 fully saturated rings. The molecule has 1 saturated carbocycles. The quantitative estimate of drug-likeness (QED) is 0.925. The number of nitrogens with two attached hydrogens (primary N) is 1. The lowest BCUT2D eigenvalue weighted by molar-refractivity contribution is -0.0932. The van der Waals surface area contributed by atoms with Crippen molar-refractivity contribution in [2.75, 3.05) is 6.54 Å². The van der Waals surface area contributed by atoms with Crippen LogP contribution in [0.5, 0.6) is 0 Å². The van der Waals surface area contributed by atoms with E-state index in [9.17, 15) is 0 Å². The van der Waals surface area contributed by atoms with Crippen molar-refractivity contribution < 1.29 is 4.74 Å². The summed E-state index contributed by atoms with van der Waals surface area (Å²) in [6, 6.07) is 0. The molecule has 0 aromatic carbocycles. The van der Waals surface area contributed by atoms with Crippen LogP contribution in [0.1, 0.15) is 64.0 Å². The van der Waals surface area contributed by atoms with Gasteiger partial charge in [-0.05, 0) is 43.9 Å². The highest BCUT2D eigenvalue weighted by molar-refractivity contribution is 4.99. The molecule has 0 atom stereocenters. The van der Waals surface area contributed by atoms with Crippen molar-refractivity contribution in [2.45, 2.75) is 77.5 Å². The maximum absolute atomic E-state index is 6.28. The van der Waals surface area contributed by atoms with Crippen LogP contribution >= 0.6 is 0 Å². The van der Waals surface area contributed by atoms with Crippen LogP contribution in [-0.4, -0.2) is 26.9 Å². The number of nitrogens with zero attached hydrogens (tertiary/aromatic N) is 3. The van der Waals surface area contributed by atoms with E-state index < -0.39 is 0 Å². The highest BCUT2D eigenvalue weighted by Crippen LogP contribution is 2.41. The largest absolute Gasteiger partial charge is 0.366 e. The predicted molar refractivity (Wildman–Crippen MR) is 81.8 cm³/mol. The normalized spacial score (nSPS) is 23.8. The van der Waals surface area contributed by atoms with E-state index in [0.717, 1.165) is 37.5 Å². The fourth-order valence-corrected chi connectivity index (χ4v) is 3.48. The number of fused-ring (bicyclic) bond motifs is 1. The van der Waals surface area contributed by atoms with Crippen molar-refractivity contribution in [3.05, 3.63) is 11.6 Å². The van der Waals surface area contributed by atoms with Crippen molar-refractivity contribution in [1.82, 2.24) is 14.8 Å². The Bertz CT molecular complexity index is 484. The summed E-state index contributed by atoms with van der Waals surface area (Å²) in [5, 5.41) is 8.62. The molecule has 0 bridgehead atoms. The molecular formula is C16H28N4O. The van der Waals surface area contributed by atoms with Crippen molar-refractivity contribution >= 4 is 0 Å². The van der Waals surface area contributed by atoms with Gasteiger partial charge in [0.05, 0.1) is 5.60 Å². The van der Waals surface area contributed by atoms with Gasteiger partial charge in [-0.1, -0.05) is 13.8 Å². The summed E-state index contributed by atoms with van der Waals surface area (Å²) in [6.07, 6.45) is 7.96. The number of rotatable bonds is 4. The van der Waals surface area contributed by atoms with Crippen molar-refractivity contribution in [1.29, 1.82) is 0 Å². The first-order valence-electron chi connectivity index (χ1n) is 8.29. The summed E-state index contributed by atoms with van der Waals surface area (Å²) in [6.45, 7) is 6.85. The minimum absolute atomic E-state index is 0.156. The third-order valence-corrected chi connectivity index (χ3v) is 5.33. The Hall–Kier alpha value is -0.940. The van der Waals surface area contributed by atoms with E-state index >= 15 is 0 Å². The number of aromatic nitrogens is 3. The Balaban J connectivity index is 1.65. The molecule has 0 radical (unpaired) electrons. The molecule has 21 heavy (non-hydrogen) atoms. The fourth-order valence-electron chi connectivity index (χ4n) is 3.48. The summed E-state index contributed by atoms with van der Waals surface area (Å²) >= 11 is 0. The van der Waals surface area contributed by atoms with Gasteiger partial charge in [-0.3, -0.25) is 0 Å². The second kappa shape index (κ2) is 5.69. The van der Waals surface area contributed by atoms with Gasteiger partial charge < -0.3 is 15.0 Å². The zero-order chi connectivity index (χ0) is 14.9. The minimum atomic E-state index is -0.156. The summed E-state index contributed by atoms with van der Waals surface area (Å²) < 4.78 is 8.51. The smallest absolute Gasteiger partial charge is 0.159 e. The van der Waals surface area contributed by atoms with Gasteiger partial charge in [0.1, 0.15) is 12.4 Å². The van der Waals surface area contributed by atoms with Crippen LogP contribution in [0.4, 0.5) is 0 Å². The molecule has 0 unspecified atom stereocenters. The van der Waals surface area contributed by atoms with E-state index in [1.54, 1.807) is 0 Å². The highest BCUT2D eigenvalue weighted by Gasteiger charge is 2.38. The molecule has 5 nitrogen and oxygen atoms in total. The van der Waals surface area contributed by atoms with E-state index in [0.29, 0.717) is 18.6 Å². The molecule has 0 saturated heterocycles. The van der Waals surface area contributed by atoms with Crippen molar-refractivity contribution in [3.63, 3.8) is 0 Å². The number of aryl methyl sites for hydroxylation is 1. The summed E-state index contributed by atoms with van der Waals surface area (Å²) in [7, 11) is 0. The highest BCUT2D eigenvalue weighted by atomic mass is 16.5. The molecule has 2 heterocycles. The van der Waals surface area contributed by atoms with Crippen molar-refractivity contribution in [2.24, 2.45) is 11.1 Å². The molecule has 3 rings (SSSR count). The molecule has 1 aromatic heterocycles. The first kappa shape index (κ1) is 15.0. The summed E-state index contributed by atoms with van der Waals surface area (Å²) in [4.78, 5) is 0. The van der Waals surface area contributed by atoms with Gasteiger partial charge in [0.25, 0.3) is 0 Å². The van der Waals surface area contributed by atoms with Crippen LogP contribution in [-0.2, 0) is 24.3 Å². The van der Waals surface area contributed by atoms with E-state index in [1.165, 1.54) is 25.7 Å². The molecule has 2 N–H and O–H groups in total. The Morgan fingerprint density at radius 2 is 1.90 bits per heavy atom. The summed E-state index contributed by atoms with van der Waals surface area (Å²) in [5.41, 5.74) is 6.31. The van der Waals surface area contributed by atoms with Crippen LogP contribution in [0.25, 0.3) is 0 Å². The van der Waals surface area contributed by atoms with E-state index in [4.69, 9.17) is 10.5 Å². The SMILES string of the molecule is CC1(C)CCC(CN)(OCc2nnc3n2CCCC3)CC1. The van der Waals surface area contributed by atoms with Crippen molar-refractivity contribution in [3.8, 4) is 0 Å². The lowest BCUT2D eigenvalue weighted by atomic mass is 9.71. The molecule has 1 aliphatic carbocycles. The standard InChI is InChI=1S/C16H28N4O/c1-15(2)6-8-16(12-17,9-7-15)21-11-14-19-18-13-5-3-4-10-20(13)14/h3-12,17H2,1-2H3. The zero-order valence-corrected chi connectivity index (χ0v) is 13.4. The van der Waals surface area contributed by atoms with Gasteiger partial charge in [0, 0.05) is 19.5 Å². The first-order valence-corrected chi connectivity index (χ1v) is 8.29. The van der Waals surface area contributed by atoms with Crippen LogP contribution in [0, 0.1) is 5.41 Å². The van der Waals surface area contributed by atoms with Crippen LogP contribution in [0.3, 0.4) is 0 Å². The predicted octanol–water partition coefficient (Wildman–Crippen LogP) is 2.43. The van der Waals surface area contributed by atoms with E-state index in [-0.39, 0.29) is 5.60 Å². The number of ether oxygens (including phenoxy) is 1. The third kappa shape index (κ3) is 3.14. The molecule has 0 spiro atoms. The average molecular weight is 292 g/mol. The minimum Gasteiger partial charge on any atom is -0.366 e. The van der Waals surface area contributed by atoms with Crippen LogP contribution in [0.15, 0.2) is 0 Å². The topological polar surface area (TPSA) is 66.0 Å². The van der Waals surface area contributed by atoms with E-state index in [1.807, 2.05) is 0 Å². The first-order chi connectivity index (χ1) is 10.0. The molecular weight excluding hydrogens is 264 g/mol. The average Bonchev–Trinajstić information content (AvgIpc) is 2.90. The number of hydrogen-bond acceptors (Lipinski definition) is 4. The second-order valence-corrected chi connectivity index (χ2v) is 7.48. The maximum atomic E-state index is 6.28. The number of hydrogen-bond donors (Lipinski definition) is 1. The van der Waals surface area contributed by atoms with Gasteiger partial charge in [0.15, 0.2) is 5.82 Å². The maximum Gasteiger partial charge on any atom is 0.159 e. The van der Waals surface area contributed by atoms with E-state index in [2.05, 4.69) is 28.6 Å². The molecule has 2 aliphatic rings. The third-order valence-electron chi connectivity index (χ3n) is 5.33. The summed E-state index contributed by atoms with van der Waals surface area (Å²) in [5.74, 6) is 2.09. The monoisotopic (exact) mass is 292 g/mol. The van der Waals surface area contributed by atoms with Crippen LogP contribution < -0.4 is 5.73 Å². The molecule has 0 amide bonds.